The lowest BCUT2D eigenvalue weighted by Gasteiger charge is -2.32. The number of hydrogen-bond acceptors (Lipinski definition) is 5. The van der Waals surface area contributed by atoms with Crippen molar-refractivity contribution in [2.75, 3.05) is 19.7 Å². The van der Waals surface area contributed by atoms with E-state index >= 15 is 0 Å². The summed E-state index contributed by atoms with van der Waals surface area (Å²) < 4.78 is 12.5. The first kappa shape index (κ1) is 14.7. The van der Waals surface area contributed by atoms with Gasteiger partial charge < -0.3 is 14.8 Å². The molecule has 2 fully saturated rings. The molecule has 0 saturated carbocycles. The predicted molar refractivity (Wildman–Crippen MR) is 80.6 cm³/mol. The molecule has 0 aromatic heterocycles. The predicted octanol–water partition coefficient (Wildman–Crippen LogP) is 2.65. The van der Waals surface area contributed by atoms with Gasteiger partial charge in [0.05, 0.1) is 17.1 Å². The van der Waals surface area contributed by atoms with Crippen molar-refractivity contribution in [3.63, 3.8) is 0 Å². The third kappa shape index (κ3) is 3.20. The third-order valence-corrected chi connectivity index (χ3v) is 4.59. The Kier molecular flexibility index (Phi) is 4.14. The van der Waals surface area contributed by atoms with Crippen molar-refractivity contribution < 1.29 is 14.4 Å². The molecule has 0 amide bonds. The quantitative estimate of drug-likeness (QED) is 0.665. The first-order chi connectivity index (χ1) is 10.1. The van der Waals surface area contributed by atoms with Gasteiger partial charge >= 0.3 is 5.69 Å². The summed E-state index contributed by atoms with van der Waals surface area (Å²) in [5.41, 5.74) is -0.129. The van der Waals surface area contributed by atoms with Gasteiger partial charge in [-0.25, -0.2) is 0 Å². The van der Waals surface area contributed by atoms with Gasteiger partial charge in [-0.05, 0) is 38.1 Å². The summed E-state index contributed by atoms with van der Waals surface area (Å²) in [6.45, 7) is 2.39. The van der Waals surface area contributed by atoms with E-state index < -0.39 is 4.92 Å². The van der Waals surface area contributed by atoms with Gasteiger partial charge in [0.15, 0.2) is 5.75 Å². The second-order valence-corrected chi connectivity index (χ2v) is 6.47. The van der Waals surface area contributed by atoms with Gasteiger partial charge in [-0.15, -0.1) is 0 Å². The average Bonchev–Trinajstić information content (AvgIpc) is 2.84. The highest BCUT2D eigenvalue weighted by atomic mass is 79.9. The zero-order chi connectivity index (χ0) is 14.9. The fourth-order valence-electron chi connectivity index (χ4n) is 3.02. The van der Waals surface area contributed by atoms with E-state index in [4.69, 9.17) is 9.47 Å². The summed E-state index contributed by atoms with van der Waals surface area (Å²) >= 11 is 3.24. The maximum atomic E-state index is 11.1. The van der Waals surface area contributed by atoms with Crippen LogP contribution in [0.25, 0.3) is 0 Å². The first-order valence-corrected chi connectivity index (χ1v) is 7.83. The molecule has 1 spiro atoms. The van der Waals surface area contributed by atoms with E-state index in [9.17, 15) is 10.1 Å². The van der Waals surface area contributed by atoms with Crippen molar-refractivity contribution in [2.45, 2.75) is 31.0 Å². The van der Waals surface area contributed by atoms with E-state index in [-0.39, 0.29) is 17.4 Å². The molecule has 1 N–H and O–H groups in total. The molecule has 2 aliphatic heterocycles. The Hall–Kier alpha value is -1.18. The average molecular weight is 357 g/mol. The van der Waals surface area contributed by atoms with Crippen molar-refractivity contribution in [1.29, 1.82) is 0 Å². The number of ether oxygens (including phenoxy) is 2. The molecule has 1 aromatic carbocycles. The number of nitro groups is 1. The fourth-order valence-corrected chi connectivity index (χ4v) is 3.37. The molecular formula is C14H17BrN2O4. The lowest BCUT2D eigenvalue weighted by molar-refractivity contribution is -0.386. The minimum Gasteiger partial charge on any atom is -0.481 e. The molecule has 7 heteroatoms. The lowest BCUT2D eigenvalue weighted by atomic mass is 9.89. The third-order valence-electron chi connectivity index (χ3n) is 4.10. The van der Waals surface area contributed by atoms with Crippen LogP contribution in [0.4, 0.5) is 5.69 Å². The standard InChI is InChI=1S/C14H17BrN2O4/c15-10-1-2-13(12(7-10)17(18)19)21-11-8-14(20-9-11)3-5-16-6-4-14/h1-2,7,11,16H,3-6,8-9H2. The Morgan fingerprint density at radius 3 is 2.90 bits per heavy atom. The van der Waals surface area contributed by atoms with Crippen molar-refractivity contribution in [2.24, 2.45) is 0 Å². The van der Waals surface area contributed by atoms with Crippen LogP contribution in [0.2, 0.25) is 0 Å². The minimum absolute atomic E-state index is 0.0179. The molecule has 3 rings (SSSR count). The number of benzene rings is 1. The maximum Gasteiger partial charge on any atom is 0.312 e. The molecule has 0 aliphatic carbocycles. The van der Waals surface area contributed by atoms with Crippen LogP contribution in [0.1, 0.15) is 19.3 Å². The summed E-state index contributed by atoms with van der Waals surface area (Å²) in [6, 6.07) is 4.85. The smallest absolute Gasteiger partial charge is 0.312 e. The Bertz CT molecular complexity index is 546. The van der Waals surface area contributed by atoms with E-state index in [1.807, 2.05) is 0 Å². The van der Waals surface area contributed by atoms with Gasteiger partial charge in [0.2, 0.25) is 0 Å². The molecule has 1 aromatic rings. The summed E-state index contributed by atoms with van der Waals surface area (Å²) in [5.74, 6) is 0.308. The number of piperidine rings is 1. The molecule has 2 aliphatic rings. The van der Waals surface area contributed by atoms with Crippen LogP contribution in [0.3, 0.4) is 0 Å². The zero-order valence-corrected chi connectivity index (χ0v) is 13.1. The van der Waals surface area contributed by atoms with Crippen LogP contribution in [-0.2, 0) is 4.74 Å². The number of nitrogens with one attached hydrogen (secondary N) is 1. The van der Waals surface area contributed by atoms with Gasteiger partial charge in [-0.1, -0.05) is 15.9 Å². The van der Waals surface area contributed by atoms with Gasteiger partial charge in [0, 0.05) is 17.0 Å². The van der Waals surface area contributed by atoms with E-state index in [0.717, 1.165) is 32.4 Å². The number of rotatable bonds is 3. The monoisotopic (exact) mass is 356 g/mol. The van der Waals surface area contributed by atoms with Crippen LogP contribution in [0.5, 0.6) is 5.75 Å². The molecule has 2 heterocycles. The lowest BCUT2D eigenvalue weighted by Crippen LogP contribution is -2.41. The molecule has 21 heavy (non-hydrogen) atoms. The van der Waals surface area contributed by atoms with Crippen LogP contribution in [0.15, 0.2) is 22.7 Å². The largest absolute Gasteiger partial charge is 0.481 e. The van der Waals surface area contributed by atoms with Gasteiger partial charge in [0.25, 0.3) is 0 Å². The van der Waals surface area contributed by atoms with Crippen molar-refractivity contribution in [3.05, 3.63) is 32.8 Å². The first-order valence-electron chi connectivity index (χ1n) is 7.03. The zero-order valence-electron chi connectivity index (χ0n) is 11.5. The van der Waals surface area contributed by atoms with E-state index in [1.165, 1.54) is 6.07 Å². The number of halogens is 1. The second-order valence-electron chi connectivity index (χ2n) is 5.56. The van der Waals surface area contributed by atoms with E-state index in [2.05, 4.69) is 21.2 Å². The minimum atomic E-state index is -0.420. The van der Waals surface area contributed by atoms with Crippen LogP contribution in [0, 0.1) is 10.1 Å². The fraction of sp³-hybridized carbons (Fsp3) is 0.571. The topological polar surface area (TPSA) is 73.6 Å². The molecule has 1 atom stereocenters. The molecule has 6 nitrogen and oxygen atoms in total. The van der Waals surface area contributed by atoms with Crippen LogP contribution >= 0.6 is 15.9 Å². The Balaban J connectivity index is 1.72. The summed E-state index contributed by atoms with van der Waals surface area (Å²) in [6.07, 6.45) is 2.61. The van der Waals surface area contributed by atoms with Gasteiger partial charge in [0.1, 0.15) is 6.10 Å². The molecule has 2 saturated heterocycles. The summed E-state index contributed by atoms with van der Waals surface area (Å²) in [7, 11) is 0. The van der Waals surface area contributed by atoms with Crippen molar-refractivity contribution in [3.8, 4) is 5.75 Å². The van der Waals surface area contributed by atoms with Crippen molar-refractivity contribution in [1.82, 2.24) is 5.32 Å². The molecule has 1 unspecified atom stereocenters. The molecular weight excluding hydrogens is 340 g/mol. The maximum absolute atomic E-state index is 11.1. The normalized spacial score (nSPS) is 24.1. The molecule has 114 valence electrons. The highest BCUT2D eigenvalue weighted by molar-refractivity contribution is 9.10. The highest BCUT2D eigenvalue weighted by Crippen LogP contribution is 2.38. The highest BCUT2D eigenvalue weighted by Gasteiger charge is 2.42. The van der Waals surface area contributed by atoms with Crippen molar-refractivity contribution >= 4 is 21.6 Å². The number of nitrogens with zero attached hydrogens (tertiary/aromatic N) is 1. The molecule has 0 radical (unpaired) electrons. The summed E-state index contributed by atoms with van der Waals surface area (Å²) in [5, 5.41) is 14.4. The SMILES string of the molecule is O=[N+]([O-])c1cc(Br)ccc1OC1COC2(CCNCC2)C1. The van der Waals surface area contributed by atoms with Gasteiger partial charge in [-0.3, -0.25) is 10.1 Å². The van der Waals surface area contributed by atoms with Crippen LogP contribution < -0.4 is 10.1 Å². The number of nitro benzene ring substituents is 1. The van der Waals surface area contributed by atoms with E-state index in [0.29, 0.717) is 16.8 Å². The second kappa shape index (κ2) is 5.90. The Morgan fingerprint density at radius 2 is 2.19 bits per heavy atom. The van der Waals surface area contributed by atoms with E-state index in [1.54, 1.807) is 12.1 Å². The Morgan fingerprint density at radius 1 is 1.43 bits per heavy atom. The number of hydrogen-bond donors (Lipinski definition) is 1. The van der Waals surface area contributed by atoms with Gasteiger partial charge in [-0.2, -0.15) is 0 Å². The molecule has 0 bridgehead atoms. The Labute approximate surface area is 131 Å². The van der Waals surface area contributed by atoms with Crippen LogP contribution in [-0.4, -0.2) is 36.3 Å². The summed E-state index contributed by atoms with van der Waals surface area (Å²) in [4.78, 5) is 10.7.